The van der Waals surface area contributed by atoms with Crippen LogP contribution in [0.1, 0.15) is 43.1 Å². The van der Waals surface area contributed by atoms with Crippen LogP contribution in [0.4, 0.5) is 0 Å². The van der Waals surface area contributed by atoms with Crippen LogP contribution in [-0.4, -0.2) is 11.5 Å². The lowest BCUT2D eigenvalue weighted by molar-refractivity contribution is 0.555. The molecule has 0 spiro atoms. The summed E-state index contributed by atoms with van der Waals surface area (Å²) in [4.78, 5) is 4.47. The van der Waals surface area contributed by atoms with Crippen LogP contribution in [0.5, 0.6) is 0 Å². The number of hydrogen-bond acceptors (Lipinski definition) is 2. The molecule has 0 radical (unpaired) electrons. The van der Waals surface area contributed by atoms with Gasteiger partial charge < -0.3 is 5.32 Å². The van der Waals surface area contributed by atoms with Crippen LogP contribution in [0.2, 0.25) is 0 Å². The van der Waals surface area contributed by atoms with Crippen LogP contribution in [0.3, 0.4) is 0 Å². The molecule has 2 nitrogen and oxygen atoms in total. The standard InChI is InChI=1S/C12H20N2/c1-5-6-13-11(4)12-10(3)7-9(2)8-14-12/h7-8,11,13H,5-6H2,1-4H3. The molecule has 0 fully saturated rings. The van der Waals surface area contributed by atoms with Gasteiger partial charge in [0.2, 0.25) is 0 Å². The molecule has 1 aromatic rings. The molecule has 1 aromatic heterocycles. The summed E-state index contributed by atoms with van der Waals surface area (Å²) in [5.41, 5.74) is 3.68. The third kappa shape index (κ3) is 2.81. The Kier molecular flexibility index (Phi) is 4.08. The van der Waals surface area contributed by atoms with Gasteiger partial charge in [0, 0.05) is 12.2 Å². The Bertz CT molecular complexity index is 294. The zero-order valence-corrected chi connectivity index (χ0v) is 9.59. The molecule has 0 bridgehead atoms. The molecule has 1 unspecified atom stereocenters. The normalized spacial score (nSPS) is 12.9. The highest BCUT2D eigenvalue weighted by Gasteiger charge is 2.08. The highest BCUT2D eigenvalue weighted by atomic mass is 14.9. The minimum Gasteiger partial charge on any atom is -0.309 e. The van der Waals surface area contributed by atoms with Gasteiger partial charge in [0.05, 0.1) is 5.69 Å². The maximum absolute atomic E-state index is 4.47. The Balaban J connectivity index is 2.74. The number of nitrogens with one attached hydrogen (secondary N) is 1. The molecule has 2 heteroatoms. The van der Waals surface area contributed by atoms with Crippen molar-refractivity contribution in [3.05, 3.63) is 29.1 Å². The predicted molar refractivity (Wildman–Crippen MR) is 60.4 cm³/mol. The first-order chi connectivity index (χ1) is 6.65. The van der Waals surface area contributed by atoms with Gasteiger partial charge in [-0.3, -0.25) is 4.98 Å². The minimum atomic E-state index is 0.357. The van der Waals surface area contributed by atoms with Gasteiger partial charge in [0.15, 0.2) is 0 Å². The Morgan fingerprint density at radius 2 is 2.14 bits per heavy atom. The molecular weight excluding hydrogens is 172 g/mol. The first-order valence-corrected chi connectivity index (χ1v) is 5.31. The smallest absolute Gasteiger partial charge is 0.0599 e. The number of rotatable bonds is 4. The average molecular weight is 192 g/mol. The van der Waals surface area contributed by atoms with Gasteiger partial charge in [-0.2, -0.15) is 0 Å². The SMILES string of the molecule is CCCNC(C)c1ncc(C)cc1C. The van der Waals surface area contributed by atoms with Gasteiger partial charge in [0.1, 0.15) is 0 Å². The molecule has 78 valence electrons. The van der Waals surface area contributed by atoms with E-state index in [9.17, 15) is 0 Å². The molecule has 0 aliphatic heterocycles. The molecule has 0 aliphatic carbocycles. The van der Waals surface area contributed by atoms with Crippen molar-refractivity contribution in [1.29, 1.82) is 0 Å². The first kappa shape index (κ1) is 11.2. The highest BCUT2D eigenvalue weighted by molar-refractivity contribution is 5.25. The van der Waals surface area contributed by atoms with Crippen LogP contribution < -0.4 is 5.32 Å². The van der Waals surface area contributed by atoms with E-state index in [4.69, 9.17) is 0 Å². The summed E-state index contributed by atoms with van der Waals surface area (Å²) in [6.07, 6.45) is 3.10. The van der Waals surface area contributed by atoms with E-state index in [0.717, 1.165) is 13.0 Å². The lowest BCUT2D eigenvalue weighted by atomic mass is 10.1. The molecule has 0 aliphatic rings. The van der Waals surface area contributed by atoms with E-state index in [2.05, 4.69) is 44.1 Å². The van der Waals surface area contributed by atoms with Crippen molar-refractivity contribution in [1.82, 2.24) is 10.3 Å². The molecule has 0 saturated heterocycles. The molecule has 0 aromatic carbocycles. The van der Waals surface area contributed by atoms with Crippen molar-refractivity contribution in [2.45, 2.75) is 40.2 Å². The van der Waals surface area contributed by atoms with Crippen LogP contribution in [0, 0.1) is 13.8 Å². The van der Waals surface area contributed by atoms with Crippen LogP contribution in [0.25, 0.3) is 0 Å². The van der Waals surface area contributed by atoms with Crippen LogP contribution >= 0.6 is 0 Å². The minimum absolute atomic E-state index is 0.357. The molecule has 1 rings (SSSR count). The average Bonchev–Trinajstić information content (AvgIpc) is 2.14. The molecule has 0 amide bonds. The second kappa shape index (κ2) is 5.11. The van der Waals surface area contributed by atoms with Gasteiger partial charge in [0.25, 0.3) is 0 Å². The Hall–Kier alpha value is -0.890. The Morgan fingerprint density at radius 1 is 1.43 bits per heavy atom. The quantitative estimate of drug-likeness (QED) is 0.793. The van der Waals surface area contributed by atoms with Gasteiger partial charge >= 0.3 is 0 Å². The van der Waals surface area contributed by atoms with Crippen molar-refractivity contribution in [3.8, 4) is 0 Å². The monoisotopic (exact) mass is 192 g/mol. The summed E-state index contributed by atoms with van der Waals surface area (Å²) < 4.78 is 0. The Labute approximate surface area is 86.8 Å². The van der Waals surface area contributed by atoms with E-state index in [1.54, 1.807) is 0 Å². The van der Waals surface area contributed by atoms with E-state index < -0.39 is 0 Å². The zero-order valence-electron chi connectivity index (χ0n) is 9.59. The highest BCUT2D eigenvalue weighted by Crippen LogP contribution is 2.15. The van der Waals surface area contributed by atoms with Crippen molar-refractivity contribution in [3.63, 3.8) is 0 Å². The van der Waals surface area contributed by atoms with Gasteiger partial charge in [-0.15, -0.1) is 0 Å². The second-order valence-corrected chi connectivity index (χ2v) is 3.89. The summed E-state index contributed by atoms with van der Waals surface area (Å²) >= 11 is 0. The number of nitrogens with zero attached hydrogens (tertiary/aromatic N) is 1. The fourth-order valence-corrected chi connectivity index (χ4v) is 1.64. The second-order valence-electron chi connectivity index (χ2n) is 3.89. The summed E-state index contributed by atoms with van der Waals surface area (Å²) in [6, 6.07) is 2.54. The number of aryl methyl sites for hydroxylation is 2. The van der Waals surface area contributed by atoms with Gasteiger partial charge in [-0.1, -0.05) is 13.0 Å². The molecule has 1 heterocycles. The largest absolute Gasteiger partial charge is 0.309 e. The number of pyridine rings is 1. The van der Waals surface area contributed by atoms with Gasteiger partial charge in [-0.05, 0) is 44.9 Å². The topological polar surface area (TPSA) is 24.9 Å². The first-order valence-electron chi connectivity index (χ1n) is 5.31. The van der Waals surface area contributed by atoms with Crippen molar-refractivity contribution >= 4 is 0 Å². The van der Waals surface area contributed by atoms with E-state index >= 15 is 0 Å². The van der Waals surface area contributed by atoms with Crippen molar-refractivity contribution in [2.75, 3.05) is 6.54 Å². The maximum Gasteiger partial charge on any atom is 0.0599 e. The van der Waals surface area contributed by atoms with E-state index in [-0.39, 0.29) is 0 Å². The predicted octanol–water partition coefficient (Wildman–Crippen LogP) is 2.76. The third-order valence-electron chi connectivity index (χ3n) is 2.37. The lowest BCUT2D eigenvalue weighted by Gasteiger charge is -2.15. The van der Waals surface area contributed by atoms with E-state index in [0.29, 0.717) is 6.04 Å². The number of hydrogen-bond donors (Lipinski definition) is 1. The molecule has 1 N–H and O–H groups in total. The van der Waals surface area contributed by atoms with E-state index in [1.165, 1.54) is 16.8 Å². The van der Waals surface area contributed by atoms with E-state index in [1.807, 2.05) is 6.20 Å². The summed E-state index contributed by atoms with van der Waals surface area (Å²) in [5, 5.41) is 3.45. The Morgan fingerprint density at radius 3 is 2.71 bits per heavy atom. The van der Waals surface area contributed by atoms with Crippen molar-refractivity contribution in [2.24, 2.45) is 0 Å². The fourth-order valence-electron chi connectivity index (χ4n) is 1.64. The summed E-state index contributed by atoms with van der Waals surface area (Å²) in [6.45, 7) is 9.60. The third-order valence-corrected chi connectivity index (χ3v) is 2.37. The molecule has 1 atom stereocenters. The van der Waals surface area contributed by atoms with Crippen molar-refractivity contribution < 1.29 is 0 Å². The lowest BCUT2D eigenvalue weighted by Crippen LogP contribution is -2.21. The van der Waals surface area contributed by atoms with Crippen LogP contribution in [-0.2, 0) is 0 Å². The van der Waals surface area contributed by atoms with Crippen LogP contribution in [0.15, 0.2) is 12.3 Å². The fraction of sp³-hybridized carbons (Fsp3) is 0.583. The molecule has 14 heavy (non-hydrogen) atoms. The maximum atomic E-state index is 4.47. The summed E-state index contributed by atoms with van der Waals surface area (Å²) in [7, 11) is 0. The molecule has 0 saturated carbocycles. The van der Waals surface area contributed by atoms with Gasteiger partial charge in [-0.25, -0.2) is 0 Å². The zero-order chi connectivity index (χ0) is 10.6. The molecular formula is C12H20N2. The number of aromatic nitrogens is 1. The summed E-state index contributed by atoms with van der Waals surface area (Å²) in [5.74, 6) is 0.